The Labute approximate surface area is 124 Å². The summed E-state index contributed by atoms with van der Waals surface area (Å²) < 4.78 is 11.8. The van der Waals surface area contributed by atoms with Crippen LogP contribution in [0.4, 0.5) is 0 Å². The molecule has 1 aromatic heterocycles. The molecule has 0 unspecified atom stereocenters. The van der Waals surface area contributed by atoms with Crippen LogP contribution in [0, 0.1) is 0 Å². The van der Waals surface area contributed by atoms with E-state index in [4.69, 9.17) is 9.47 Å². The first-order valence-electron chi connectivity index (χ1n) is 6.23. The molecule has 2 heterocycles. The highest BCUT2D eigenvalue weighted by Crippen LogP contribution is 2.30. The number of H-pyrrole nitrogens is 1. The van der Waals surface area contributed by atoms with Gasteiger partial charge in [-0.15, -0.1) is 0 Å². The molecule has 0 saturated heterocycles. The van der Waals surface area contributed by atoms with Gasteiger partial charge in [-0.25, -0.2) is 0 Å². The van der Waals surface area contributed by atoms with Crippen molar-refractivity contribution in [3.63, 3.8) is 0 Å². The molecule has 2 N–H and O–H groups in total. The molecule has 104 valence electrons. The maximum atomic E-state index is 11.9. The zero-order chi connectivity index (χ0) is 13.9. The Morgan fingerprint density at radius 1 is 1.25 bits per heavy atom. The van der Waals surface area contributed by atoms with Crippen molar-refractivity contribution in [3.8, 4) is 11.5 Å². The topological polar surface area (TPSA) is 63.4 Å². The number of amides is 1. The maximum Gasteiger partial charge on any atom is 0.267 e. The summed E-state index contributed by atoms with van der Waals surface area (Å²) in [6.07, 6.45) is 1.72. The molecule has 0 saturated carbocycles. The zero-order valence-corrected chi connectivity index (χ0v) is 12.2. The number of nitrogens with one attached hydrogen (secondary N) is 2. The fourth-order valence-electron chi connectivity index (χ4n) is 1.97. The van der Waals surface area contributed by atoms with Gasteiger partial charge >= 0.3 is 0 Å². The number of benzene rings is 1. The minimum absolute atomic E-state index is 0.148. The molecule has 1 aliphatic heterocycles. The molecular weight excluding hydrogens is 324 g/mol. The third kappa shape index (κ3) is 2.80. The Morgan fingerprint density at radius 2 is 2.05 bits per heavy atom. The van der Waals surface area contributed by atoms with Crippen molar-refractivity contribution in [1.29, 1.82) is 0 Å². The SMILES string of the molecule is O=C(NCc1ccc2c(c1)OCCO2)c1cc(Br)c[nH]1. The fraction of sp³-hybridized carbons (Fsp3) is 0.214. The fourth-order valence-corrected chi connectivity index (χ4v) is 2.32. The maximum absolute atomic E-state index is 11.9. The van der Waals surface area contributed by atoms with Gasteiger partial charge in [-0.1, -0.05) is 6.07 Å². The summed E-state index contributed by atoms with van der Waals surface area (Å²) in [6.45, 7) is 1.57. The largest absolute Gasteiger partial charge is 0.486 e. The van der Waals surface area contributed by atoms with Gasteiger partial charge < -0.3 is 19.8 Å². The van der Waals surface area contributed by atoms with Crippen LogP contribution in [0.5, 0.6) is 11.5 Å². The molecule has 0 bridgehead atoms. The van der Waals surface area contributed by atoms with Gasteiger partial charge in [-0.05, 0) is 39.7 Å². The predicted molar refractivity (Wildman–Crippen MR) is 77.1 cm³/mol. The van der Waals surface area contributed by atoms with Crippen LogP contribution in [-0.2, 0) is 6.54 Å². The van der Waals surface area contributed by atoms with Gasteiger partial charge in [0.1, 0.15) is 18.9 Å². The number of fused-ring (bicyclic) bond motifs is 1. The average Bonchev–Trinajstić information content (AvgIpc) is 2.91. The number of rotatable bonds is 3. The van der Waals surface area contributed by atoms with Crippen LogP contribution in [0.2, 0.25) is 0 Å². The first kappa shape index (κ1) is 13.1. The van der Waals surface area contributed by atoms with Crippen molar-refractivity contribution in [2.75, 3.05) is 13.2 Å². The van der Waals surface area contributed by atoms with Crippen molar-refractivity contribution in [1.82, 2.24) is 10.3 Å². The molecule has 1 aromatic carbocycles. The third-order valence-electron chi connectivity index (χ3n) is 2.95. The highest BCUT2D eigenvalue weighted by Gasteiger charge is 2.12. The van der Waals surface area contributed by atoms with E-state index in [1.54, 1.807) is 12.3 Å². The van der Waals surface area contributed by atoms with Crippen molar-refractivity contribution < 1.29 is 14.3 Å². The number of carbonyl (C=O) groups is 1. The predicted octanol–water partition coefficient (Wildman–Crippen LogP) is 2.48. The van der Waals surface area contributed by atoms with Crippen LogP contribution in [-0.4, -0.2) is 24.1 Å². The lowest BCUT2D eigenvalue weighted by atomic mass is 10.2. The number of ether oxygens (including phenoxy) is 2. The molecule has 2 aromatic rings. The van der Waals surface area contributed by atoms with Gasteiger partial charge in [0, 0.05) is 17.2 Å². The van der Waals surface area contributed by atoms with E-state index in [9.17, 15) is 4.79 Å². The third-order valence-corrected chi connectivity index (χ3v) is 3.41. The van der Waals surface area contributed by atoms with Crippen LogP contribution < -0.4 is 14.8 Å². The number of hydrogen-bond acceptors (Lipinski definition) is 3. The van der Waals surface area contributed by atoms with Crippen LogP contribution >= 0.6 is 15.9 Å². The monoisotopic (exact) mass is 336 g/mol. The van der Waals surface area contributed by atoms with E-state index in [1.165, 1.54) is 0 Å². The van der Waals surface area contributed by atoms with Crippen LogP contribution in [0.1, 0.15) is 16.1 Å². The Kier molecular flexibility index (Phi) is 3.64. The van der Waals surface area contributed by atoms with Gasteiger partial charge in [-0.2, -0.15) is 0 Å². The lowest BCUT2D eigenvalue weighted by molar-refractivity contribution is 0.0946. The summed E-state index contributed by atoms with van der Waals surface area (Å²) in [5.74, 6) is 1.33. The standard InChI is InChI=1S/C14H13BrN2O3/c15-10-6-11(16-8-10)14(18)17-7-9-1-2-12-13(5-9)20-4-3-19-12/h1-2,5-6,8,16H,3-4,7H2,(H,17,18). The highest BCUT2D eigenvalue weighted by atomic mass is 79.9. The number of halogens is 1. The Morgan fingerprint density at radius 3 is 2.80 bits per heavy atom. The summed E-state index contributed by atoms with van der Waals surface area (Å²) in [4.78, 5) is 14.8. The van der Waals surface area contributed by atoms with Gasteiger partial charge in [-0.3, -0.25) is 4.79 Å². The Balaban J connectivity index is 1.65. The van der Waals surface area contributed by atoms with Crippen LogP contribution in [0.15, 0.2) is 34.9 Å². The van der Waals surface area contributed by atoms with Gasteiger partial charge in [0.15, 0.2) is 11.5 Å². The van der Waals surface area contributed by atoms with E-state index < -0.39 is 0 Å². The van der Waals surface area contributed by atoms with Crippen molar-refractivity contribution in [3.05, 3.63) is 46.2 Å². The van der Waals surface area contributed by atoms with E-state index in [2.05, 4.69) is 26.2 Å². The van der Waals surface area contributed by atoms with E-state index in [0.717, 1.165) is 21.5 Å². The van der Waals surface area contributed by atoms with Crippen LogP contribution in [0.25, 0.3) is 0 Å². The quantitative estimate of drug-likeness (QED) is 0.905. The van der Waals surface area contributed by atoms with E-state index in [1.807, 2.05) is 18.2 Å². The van der Waals surface area contributed by atoms with Gasteiger partial charge in [0.25, 0.3) is 5.91 Å². The smallest absolute Gasteiger partial charge is 0.267 e. The summed E-state index contributed by atoms with van der Waals surface area (Å²) >= 11 is 3.30. The summed E-state index contributed by atoms with van der Waals surface area (Å²) in [5, 5.41) is 2.85. The lowest BCUT2D eigenvalue weighted by Gasteiger charge is -2.18. The first-order valence-corrected chi connectivity index (χ1v) is 7.02. The molecule has 1 amide bonds. The van der Waals surface area contributed by atoms with E-state index in [-0.39, 0.29) is 5.91 Å². The molecule has 0 fully saturated rings. The van der Waals surface area contributed by atoms with Gasteiger partial charge in [0.2, 0.25) is 0 Å². The number of carbonyl (C=O) groups excluding carboxylic acids is 1. The average molecular weight is 337 g/mol. The second kappa shape index (κ2) is 5.58. The zero-order valence-electron chi connectivity index (χ0n) is 10.6. The second-order valence-electron chi connectivity index (χ2n) is 4.39. The second-order valence-corrected chi connectivity index (χ2v) is 5.31. The molecule has 20 heavy (non-hydrogen) atoms. The van der Waals surface area contributed by atoms with E-state index in [0.29, 0.717) is 25.5 Å². The molecule has 0 aliphatic carbocycles. The minimum Gasteiger partial charge on any atom is -0.486 e. The molecule has 0 spiro atoms. The summed E-state index contributed by atoms with van der Waals surface area (Å²) in [6, 6.07) is 7.40. The number of aromatic nitrogens is 1. The highest BCUT2D eigenvalue weighted by molar-refractivity contribution is 9.10. The molecule has 3 rings (SSSR count). The summed E-state index contributed by atoms with van der Waals surface area (Å²) in [7, 11) is 0. The molecule has 6 heteroatoms. The lowest BCUT2D eigenvalue weighted by Crippen LogP contribution is -2.23. The molecular formula is C14H13BrN2O3. The Bertz CT molecular complexity index is 639. The van der Waals surface area contributed by atoms with Gasteiger partial charge in [0.05, 0.1) is 0 Å². The minimum atomic E-state index is -0.148. The normalized spacial score (nSPS) is 13.1. The molecule has 1 aliphatic rings. The van der Waals surface area contributed by atoms with Crippen molar-refractivity contribution in [2.45, 2.75) is 6.54 Å². The molecule has 0 atom stereocenters. The summed E-state index contributed by atoms with van der Waals surface area (Å²) in [5.41, 5.74) is 1.49. The Hall–Kier alpha value is -1.95. The van der Waals surface area contributed by atoms with Crippen molar-refractivity contribution in [2.24, 2.45) is 0 Å². The van der Waals surface area contributed by atoms with Crippen molar-refractivity contribution >= 4 is 21.8 Å². The molecule has 5 nitrogen and oxygen atoms in total. The number of hydrogen-bond donors (Lipinski definition) is 2. The van der Waals surface area contributed by atoms with E-state index >= 15 is 0 Å². The number of aromatic amines is 1. The molecule has 0 radical (unpaired) electrons. The first-order chi connectivity index (χ1) is 9.72. The van der Waals surface area contributed by atoms with Crippen LogP contribution in [0.3, 0.4) is 0 Å².